The van der Waals surface area contributed by atoms with E-state index in [1.165, 1.54) is 10.6 Å². The van der Waals surface area contributed by atoms with E-state index in [0.717, 1.165) is 30.4 Å². The first-order valence-electron chi connectivity index (χ1n) is 9.57. The van der Waals surface area contributed by atoms with Gasteiger partial charge in [0.2, 0.25) is 5.91 Å². The maximum atomic E-state index is 13.2. The molecule has 0 aliphatic heterocycles. The van der Waals surface area contributed by atoms with Crippen molar-refractivity contribution in [3.05, 3.63) is 70.8 Å². The molecule has 4 nitrogen and oxygen atoms in total. The molecule has 4 heteroatoms. The number of amides is 2. The van der Waals surface area contributed by atoms with Crippen LogP contribution >= 0.6 is 0 Å². The largest absolute Gasteiger partial charge is 0.273 e. The number of benzene rings is 2. The van der Waals surface area contributed by atoms with Crippen LogP contribution in [-0.4, -0.2) is 22.4 Å². The Bertz CT molecular complexity index is 851. The highest BCUT2D eigenvalue weighted by Gasteiger charge is 2.33. The highest BCUT2D eigenvalue weighted by Crippen LogP contribution is 2.32. The van der Waals surface area contributed by atoms with Crippen LogP contribution < -0.4 is 5.43 Å². The van der Waals surface area contributed by atoms with Crippen LogP contribution in [0.4, 0.5) is 0 Å². The smallest absolute Gasteiger partial charge is 0.273 e. The molecule has 27 heavy (non-hydrogen) atoms. The minimum absolute atomic E-state index is 0.112. The summed E-state index contributed by atoms with van der Waals surface area (Å²) in [6.45, 7) is 7.70. The molecule has 2 amide bonds. The summed E-state index contributed by atoms with van der Waals surface area (Å²) in [5, 5.41) is 1.48. The van der Waals surface area contributed by atoms with E-state index in [1.807, 2.05) is 64.1 Å². The Morgan fingerprint density at radius 1 is 1.04 bits per heavy atom. The zero-order valence-electron chi connectivity index (χ0n) is 16.6. The molecule has 2 aromatic carbocycles. The first kappa shape index (κ1) is 19.2. The van der Waals surface area contributed by atoms with E-state index in [1.54, 1.807) is 6.07 Å². The average molecular weight is 364 g/mol. The molecule has 142 valence electrons. The average Bonchev–Trinajstić information content (AvgIpc) is 2.64. The molecule has 1 aliphatic rings. The monoisotopic (exact) mass is 364 g/mol. The Labute approximate surface area is 161 Å². The molecule has 2 aromatic rings. The van der Waals surface area contributed by atoms with Crippen LogP contribution in [0.5, 0.6) is 0 Å². The first-order chi connectivity index (χ1) is 12.8. The molecular weight excluding hydrogens is 336 g/mol. The van der Waals surface area contributed by atoms with Crippen molar-refractivity contribution in [2.75, 3.05) is 0 Å². The minimum atomic E-state index is -0.538. The van der Waals surface area contributed by atoms with E-state index in [4.69, 9.17) is 0 Å². The van der Waals surface area contributed by atoms with Gasteiger partial charge in [-0.1, -0.05) is 42.5 Å². The molecule has 1 unspecified atom stereocenters. The quantitative estimate of drug-likeness (QED) is 0.804. The fourth-order valence-electron chi connectivity index (χ4n) is 3.67. The summed E-state index contributed by atoms with van der Waals surface area (Å²) in [6.07, 6.45) is 2.79. The van der Waals surface area contributed by atoms with Gasteiger partial charge in [-0.2, -0.15) is 0 Å². The number of nitrogens with one attached hydrogen (secondary N) is 1. The van der Waals surface area contributed by atoms with E-state index in [-0.39, 0.29) is 17.7 Å². The SMILES string of the molecule is Cc1ccccc1C(=O)N(NC(=O)C1CCCc2ccccc21)C(C)(C)C. The lowest BCUT2D eigenvalue weighted by Crippen LogP contribution is -2.57. The molecule has 0 spiro atoms. The zero-order valence-corrected chi connectivity index (χ0v) is 16.6. The number of hydrogen-bond acceptors (Lipinski definition) is 2. The first-order valence-corrected chi connectivity index (χ1v) is 9.57. The summed E-state index contributed by atoms with van der Waals surface area (Å²) >= 11 is 0. The van der Waals surface area contributed by atoms with Crippen molar-refractivity contribution in [3.8, 4) is 0 Å². The molecule has 1 N–H and O–H groups in total. The lowest BCUT2D eigenvalue weighted by molar-refractivity contribution is -0.128. The summed E-state index contributed by atoms with van der Waals surface area (Å²) in [5.74, 6) is -0.512. The second-order valence-corrected chi connectivity index (χ2v) is 8.25. The topological polar surface area (TPSA) is 49.4 Å². The Hall–Kier alpha value is -2.62. The maximum absolute atomic E-state index is 13.2. The Morgan fingerprint density at radius 2 is 1.70 bits per heavy atom. The third-order valence-electron chi connectivity index (χ3n) is 5.16. The molecule has 0 radical (unpaired) electrons. The number of fused-ring (bicyclic) bond motifs is 1. The van der Waals surface area contributed by atoms with Crippen molar-refractivity contribution < 1.29 is 9.59 Å². The summed E-state index contributed by atoms with van der Waals surface area (Å²) in [6, 6.07) is 15.6. The molecule has 0 saturated heterocycles. The van der Waals surface area contributed by atoms with Crippen molar-refractivity contribution in [2.45, 2.75) is 58.4 Å². The van der Waals surface area contributed by atoms with E-state index in [0.29, 0.717) is 5.56 Å². The lowest BCUT2D eigenvalue weighted by atomic mass is 9.82. The van der Waals surface area contributed by atoms with E-state index in [9.17, 15) is 9.59 Å². The van der Waals surface area contributed by atoms with Crippen molar-refractivity contribution in [1.82, 2.24) is 10.4 Å². The van der Waals surface area contributed by atoms with Crippen LogP contribution in [0.1, 0.15) is 66.6 Å². The van der Waals surface area contributed by atoms with Gasteiger partial charge in [0.25, 0.3) is 5.91 Å². The summed E-state index contributed by atoms with van der Waals surface area (Å²) in [5.41, 5.74) is 6.22. The molecule has 1 aliphatic carbocycles. The second kappa shape index (κ2) is 7.55. The van der Waals surface area contributed by atoms with Crippen molar-refractivity contribution in [2.24, 2.45) is 0 Å². The number of hydrogen-bond donors (Lipinski definition) is 1. The molecule has 0 fully saturated rings. The van der Waals surface area contributed by atoms with Gasteiger partial charge in [-0.3, -0.25) is 15.0 Å². The van der Waals surface area contributed by atoms with Crippen LogP contribution in [0.25, 0.3) is 0 Å². The normalized spacial score (nSPS) is 16.4. The van der Waals surface area contributed by atoms with Crippen LogP contribution in [0, 0.1) is 6.92 Å². The highest BCUT2D eigenvalue weighted by atomic mass is 16.2. The molecule has 0 bridgehead atoms. The minimum Gasteiger partial charge on any atom is -0.273 e. The van der Waals surface area contributed by atoms with Gasteiger partial charge in [0.1, 0.15) is 0 Å². The fraction of sp³-hybridized carbons (Fsp3) is 0.391. The van der Waals surface area contributed by atoms with Gasteiger partial charge < -0.3 is 0 Å². The zero-order chi connectivity index (χ0) is 19.6. The summed E-state index contributed by atoms with van der Waals surface area (Å²) in [4.78, 5) is 26.3. The standard InChI is InChI=1S/C23H28N2O2/c1-16-10-5-7-13-18(16)22(27)25(23(2,3)4)24-21(26)20-15-9-12-17-11-6-8-14-19(17)20/h5-8,10-11,13-14,20H,9,12,15H2,1-4H3,(H,24,26). The van der Waals surface area contributed by atoms with Gasteiger partial charge in [0.15, 0.2) is 0 Å². The van der Waals surface area contributed by atoms with Crippen molar-refractivity contribution >= 4 is 11.8 Å². The van der Waals surface area contributed by atoms with Crippen LogP contribution in [0.3, 0.4) is 0 Å². The van der Waals surface area contributed by atoms with E-state index in [2.05, 4.69) is 11.5 Å². The van der Waals surface area contributed by atoms with Gasteiger partial charge in [-0.25, -0.2) is 5.01 Å². The highest BCUT2D eigenvalue weighted by molar-refractivity contribution is 5.97. The van der Waals surface area contributed by atoms with Gasteiger partial charge in [0.05, 0.1) is 11.5 Å². The molecule has 3 rings (SSSR count). The summed E-state index contributed by atoms with van der Waals surface area (Å²) in [7, 11) is 0. The number of hydrazine groups is 1. The number of carbonyl (C=O) groups is 2. The van der Waals surface area contributed by atoms with Crippen LogP contribution in [0.15, 0.2) is 48.5 Å². The maximum Gasteiger partial charge on any atom is 0.273 e. The van der Waals surface area contributed by atoms with Gasteiger partial charge in [-0.05, 0) is 69.7 Å². The van der Waals surface area contributed by atoms with Gasteiger partial charge >= 0.3 is 0 Å². The predicted molar refractivity (Wildman–Crippen MR) is 107 cm³/mol. The van der Waals surface area contributed by atoms with E-state index < -0.39 is 5.54 Å². The molecule has 0 aromatic heterocycles. The van der Waals surface area contributed by atoms with Crippen molar-refractivity contribution in [1.29, 1.82) is 0 Å². The lowest BCUT2D eigenvalue weighted by Gasteiger charge is -2.37. The second-order valence-electron chi connectivity index (χ2n) is 8.25. The third kappa shape index (κ3) is 4.05. The predicted octanol–water partition coefficient (Wildman–Crippen LogP) is 4.39. The Balaban J connectivity index is 1.87. The van der Waals surface area contributed by atoms with Crippen molar-refractivity contribution in [3.63, 3.8) is 0 Å². The molecule has 1 atom stereocenters. The van der Waals surface area contributed by atoms with Gasteiger partial charge in [-0.15, -0.1) is 0 Å². The number of aryl methyl sites for hydroxylation is 2. The number of rotatable bonds is 2. The Morgan fingerprint density at radius 3 is 2.41 bits per heavy atom. The fourth-order valence-corrected chi connectivity index (χ4v) is 3.67. The molecule has 0 heterocycles. The third-order valence-corrected chi connectivity index (χ3v) is 5.16. The molecule has 0 saturated carbocycles. The Kier molecular flexibility index (Phi) is 5.36. The van der Waals surface area contributed by atoms with E-state index >= 15 is 0 Å². The van der Waals surface area contributed by atoms with Crippen LogP contribution in [-0.2, 0) is 11.2 Å². The number of nitrogens with zero attached hydrogens (tertiary/aromatic N) is 1. The number of carbonyl (C=O) groups excluding carboxylic acids is 2. The summed E-state index contributed by atoms with van der Waals surface area (Å²) < 4.78 is 0. The molecular formula is C23H28N2O2. The van der Waals surface area contributed by atoms with Gasteiger partial charge in [0, 0.05) is 5.56 Å². The van der Waals surface area contributed by atoms with Crippen LogP contribution in [0.2, 0.25) is 0 Å².